The van der Waals surface area contributed by atoms with Gasteiger partial charge in [-0.1, -0.05) is 6.58 Å². The first-order valence-corrected chi connectivity index (χ1v) is 9.79. The van der Waals surface area contributed by atoms with E-state index in [0.717, 1.165) is 60.1 Å². The molecule has 2 aromatic rings. The van der Waals surface area contributed by atoms with Gasteiger partial charge in [-0.05, 0) is 19.1 Å². The molecule has 0 unspecified atom stereocenters. The molecule has 3 rings (SSSR count). The molecule has 9 heteroatoms. The minimum absolute atomic E-state index is 0.165. The largest absolute Gasteiger partial charge is 0.378 e. The van der Waals surface area contributed by atoms with Gasteiger partial charge in [0, 0.05) is 48.9 Å². The number of nitrogens with one attached hydrogen (secondary N) is 3. The second-order valence-electron chi connectivity index (χ2n) is 6.05. The molecule has 144 valence electrons. The third kappa shape index (κ3) is 5.73. The van der Waals surface area contributed by atoms with E-state index in [2.05, 4.69) is 43.4 Å². The normalized spacial score (nSPS) is 14.0. The highest BCUT2D eigenvalue weighted by Crippen LogP contribution is 2.27. The summed E-state index contributed by atoms with van der Waals surface area (Å²) in [6.07, 6.45) is 1.27. The Hall–Kier alpha value is -2.52. The number of hydrogen-bond donors (Lipinski definition) is 3. The molecule has 2 aromatic heterocycles. The summed E-state index contributed by atoms with van der Waals surface area (Å²) in [5, 5.41) is 14.1. The van der Waals surface area contributed by atoms with E-state index in [1.807, 2.05) is 19.1 Å². The van der Waals surface area contributed by atoms with Gasteiger partial charge in [-0.25, -0.2) is 4.98 Å². The Kier molecular flexibility index (Phi) is 6.72. The van der Waals surface area contributed by atoms with E-state index in [0.29, 0.717) is 6.54 Å². The predicted molar refractivity (Wildman–Crippen MR) is 108 cm³/mol. The molecule has 1 aliphatic rings. The van der Waals surface area contributed by atoms with Gasteiger partial charge in [-0.15, -0.1) is 11.8 Å². The molecule has 0 saturated carbocycles. The van der Waals surface area contributed by atoms with Crippen molar-refractivity contribution in [3.63, 3.8) is 0 Å². The second kappa shape index (κ2) is 9.43. The third-order valence-electron chi connectivity index (χ3n) is 3.96. The minimum Gasteiger partial charge on any atom is -0.378 e. The van der Waals surface area contributed by atoms with E-state index < -0.39 is 0 Å². The van der Waals surface area contributed by atoms with Crippen LogP contribution in [0, 0.1) is 6.92 Å². The maximum absolute atomic E-state index is 11.3. The second-order valence-corrected chi connectivity index (χ2v) is 7.17. The molecule has 0 bridgehead atoms. The van der Waals surface area contributed by atoms with Crippen LogP contribution in [0.4, 0.5) is 17.3 Å². The molecule has 1 amide bonds. The van der Waals surface area contributed by atoms with Crippen LogP contribution in [-0.4, -0.2) is 59.7 Å². The number of aromatic nitrogens is 3. The molecule has 3 heterocycles. The van der Waals surface area contributed by atoms with Gasteiger partial charge in [0.2, 0.25) is 5.91 Å². The van der Waals surface area contributed by atoms with Gasteiger partial charge in [0.25, 0.3) is 0 Å². The zero-order valence-electron chi connectivity index (χ0n) is 15.3. The number of aromatic amines is 1. The molecule has 1 aliphatic heterocycles. The third-order valence-corrected chi connectivity index (χ3v) is 4.87. The molecule has 1 fully saturated rings. The highest BCUT2D eigenvalue weighted by atomic mass is 32.2. The van der Waals surface area contributed by atoms with Crippen molar-refractivity contribution in [2.45, 2.75) is 11.9 Å². The number of morpholine rings is 1. The van der Waals surface area contributed by atoms with Crippen molar-refractivity contribution in [2.24, 2.45) is 0 Å². The van der Waals surface area contributed by atoms with Crippen LogP contribution < -0.4 is 15.5 Å². The quantitative estimate of drug-likeness (QED) is 0.362. The lowest BCUT2D eigenvalue weighted by Gasteiger charge is -2.29. The number of thioether (sulfide) groups is 1. The Morgan fingerprint density at radius 3 is 2.89 bits per heavy atom. The van der Waals surface area contributed by atoms with Crippen LogP contribution >= 0.6 is 11.8 Å². The van der Waals surface area contributed by atoms with Gasteiger partial charge >= 0.3 is 0 Å². The van der Waals surface area contributed by atoms with E-state index in [-0.39, 0.29) is 5.91 Å². The number of amides is 1. The van der Waals surface area contributed by atoms with Crippen LogP contribution in [0.5, 0.6) is 0 Å². The highest BCUT2D eigenvalue weighted by Gasteiger charge is 2.14. The average Bonchev–Trinajstić information content (AvgIpc) is 3.10. The Morgan fingerprint density at radius 1 is 1.37 bits per heavy atom. The summed E-state index contributed by atoms with van der Waals surface area (Å²) in [4.78, 5) is 18.2. The fraction of sp³-hybridized carbons (Fsp3) is 0.389. The molecule has 27 heavy (non-hydrogen) atoms. The van der Waals surface area contributed by atoms with Crippen molar-refractivity contribution in [2.75, 3.05) is 48.8 Å². The number of hydrogen-bond acceptors (Lipinski definition) is 7. The van der Waals surface area contributed by atoms with Crippen molar-refractivity contribution in [1.29, 1.82) is 0 Å². The summed E-state index contributed by atoms with van der Waals surface area (Å²) in [6.45, 7) is 9.11. The van der Waals surface area contributed by atoms with Crippen molar-refractivity contribution in [3.8, 4) is 0 Å². The highest BCUT2D eigenvalue weighted by molar-refractivity contribution is 7.99. The Balaban J connectivity index is 1.72. The molecular weight excluding hydrogens is 364 g/mol. The summed E-state index contributed by atoms with van der Waals surface area (Å²) in [5.41, 5.74) is 2.08. The lowest BCUT2D eigenvalue weighted by molar-refractivity contribution is -0.116. The minimum atomic E-state index is -0.165. The zero-order chi connectivity index (χ0) is 19.1. The number of ether oxygens (including phenoxy) is 1. The number of carbonyl (C=O) groups excluding carboxylic acids is 1. The molecule has 0 spiro atoms. The van der Waals surface area contributed by atoms with E-state index in [1.165, 1.54) is 6.08 Å². The molecule has 0 radical (unpaired) electrons. The zero-order valence-corrected chi connectivity index (χ0v) is 16.1. The average molecular weight is 388 g/mol. The number of aryl methyl sites for hydroxylation is 1. The summed E-state index contributed by atoms with van der Waals surface area (Å²) in [5.74, 6) is 2.03. The van der Waals surface area contributed by atoms with Crippen molar-refractivity contribution in [1.82, 2.24) is 20.5 Å². The lowest BCUT2D eigenvalue weighted by Crippen LogP contribution is -2.36. The number of rotatable bonds is 8. The van der Waals surface area contributed by atoms with Gasteiger partial charge in [-0.3, -0.25) is 9.89 Å². The van der Waals surface area contributed by atoms with E-state index >= 15 is 0 Å². The summed E-state index contributed by atoms with van der Waals surface area (Å²) in [7, 11) is 0. The molecule has 3 N–H and O–H groups in total. The Labute approximate surface area is 162 Å². The van der Waals surface area contributed by atoms with Crippen molar-refractivity contribution >= 4 is 35.0 Å². The van der Waals surface area contributed by atoms with Gasteiger partial charge in [0.05, 0.1) is 13.2 Å². The molecule has 0 aromatic carbocycles. The lowest BCUT2D eigenvalue weighted by atomic mass is 10.3. The number of carbonyl (C=O) groups is 1. The summed E-state index contributed by atoms with van der Waals surface area (Å²) < 4.78 is 5.45. The molecule has 1 saturated heterocycles. The first-order chi connectivity index (χ1) is 13.1. The van der Waals surface area contributed by atoms with Gasteiger partial charge in [0.15, 0.2) is 5.82 Å². The van der Waals surface area contributed by atoms with E-state index in [9.17, 15) is 4.79 Å². The van der Waals surface area contributed by atoms with Crippen LogP contribution in [0.1, 0.15) is 5.69 Å². The fourth-order valence-electron chi connectivity index (χ4n) is 2.65. The molecule has 0 aliphatic carbocycles. The maximum Gasteiger partial charge on any atom is 0.243 e. The van der Waals surface area contributed by atoms with Crippen LogP contribution in [0.25, 0.3) is 0 Å². The predicted octanol–water partition coefficient (Wildman–Crippen LogP) is 2.09. The van der Waals surface area contributed by atoms with Gasteiger partial charge in [0.1, 0.15) is 10.8 Å². The van der Waals surface area contributed by atoms with Gasteiger partial charge in [-0.2, -0.15) is 5.10 Å². The first kappa shape index (κ1) is 19.2. The Bertz CT molecular complexity index is 788. The number of H-pyrrole nitrogens is 1. The molecule has 8 nitrogen and oxygen atoms in total. The summed E-state index contributed by atoms with van der Waals surface area (Å²) in [6, 6.07) is 6.03. The SMILES string of the molecule is C=CC(=O)NCCSc1cc(N2CCOCC2)cc(Nc2cc(C)[nH]n2)n1. The van der Waals surface area contributed by atoms with Gasteiger partial charge < -0.3 is 20.3 Å². The molecule has 0 atom stereocenters. The maximum atomic E-state index is 11.3. The number of pyridine rings is 1. The van der Waals surface area contributed by atoms with Crippen LogP contribution in [-0.2, 0) is 9.53 Å². The van der Waals surface area contributed by atoms with E-state index in [4.69, 9.17) is 4.74 Å². The standard InChI is InChI=1S/C18H24N6O2S/c1-3-17(25)19-4-9-27-18-12-14(24-5-7-26-8-6-24)11-15(21-18)20-16-10-13(2)22-23-16/h3,10-12H,1,4-9H2,2H3,(H,19,25)(H2,20,21,22,23). The Morgan fingerprint density at radius 2 is 2.19 bits per heavy atom. The number of nitrogens with zero attached hydrogens (tertiary/aromatic N) is 3. The van der Waals surface area contributed by atoms with Crippen LogP contribution in [0.3, 0.4) is 0 Å². The smallest absolute Gasteiger partial charge is 0.243 e. The van der Waals surface area contributed by atoms with Crippen molar-refractivity contribution < 1.29 is 9.53 Å². The van der Waals surface area contributed by atoms with E-state index in [1.54, 1.807) is 11.8 Å². The fourth-order valence-corrected chi connectivity index (χ4v) is 3.43. The number of anilines is 3. The molecular formula is C18H24N6O2S. The first-order valence-electron chi connectivity index (χ1n) is 8.81. The topological polar surface area (TPSA) is 95.2 Å². The monoisotopic (exact) mass is 388 g/mol. The van der Waals surface area contributed by atoms with Crippen LogP contribution in [0.2, 0.25) is 0 Å². The summed E-state index contributed by atoms with van der Waals surface area (Å²) >= 11 is 1.59. The van der Waals surface area contributed by atoms with Crippen LogP contribution in [0.15, 0.2) is 35.9 Å². The van der Waals surface area contributed by atoms with Crippen molar-refractivity contribution in [3.05, 3.63) is 36.5 Å².